The largest absolute Gasteiger partial charge is 0.465 e. The van der Waals surface area contributed by atoms with Crippen LogP contribution in [-0.2, 0) is 9.53 Å². The van der Waals surface area contributed by atoms with Gasteiger partial charge in [-0.1, -0.05) is 6.07 Å². The Morgan fingerprint density at radius 1 is 1.42 bits per heavy atom. The molecule has 1 aromatic carbocycles. The van der Waals surface area contributed by atoms with Crippen LogP contribution in [0.25, 0.3) is 0 Å². The Morgan fingerprint density at radius 2 is 2.11 bits per heavy atom. The van der Waals surface area contributed by atoms with Crippen molar-refractivity contribution < 1.29 is 19.2 Å². The van der Waals surface area contributed by atoms with Crippen molar-refractivity contribution in [1.29, 1.82) is 0 Å². The van der Waals surface area contributed by atoms with Crippen LogP contribution in [0.2, 0.25) is 0 Å². The Labute approximate surface area is 109 Å². The first-order valence-corrected chi connectivity index (χ1v) is 5.61. The zero-order chi connectivity index (χ0) is 14.4. The monoisotopic (exact) mass is 266 g/mol. The lowest BCUT2D eigenvalue weighted by Gasteiger charge is -2.15. The van der Waals surface area contributed by atoms with Gasteiger partial charge in [0.05, 0.1) is 11.5 Å². The van der Waals surface area contributed by atoms with Crippen molar-refractivity contribution in [2.45, 2.75) is 6.92 Å². The van der Waals surface area contributed by atoms with Crippen LogP contribution < -0.4 is 0 Å². The number of hydrogen-bond donors (Lipinski definition) is 0. The van der Waals surface area contributed by atoms with Crippen LogP contribution in [0.1, 0.15) is 17.3 Å². The summed E-state index contributed by atoms with van der Waals surface area (Å²) in [6.45, 7) is 1.70. The quantitative estimate of drug-likeness (QED) is 0.454. The summed E-state index contributed by atoms with van der Waals surface area (Å²) in [6.07, 6.45) is 0. The number of esters is 1. The zero-order valence-electron chi connectivity index (χ0n) is 10.7. The first-order valence-electron chi connectivity index (χ1n) is 5.61. The van der Waals surface area contributed by atoms with Gasteiger partial charge in [0.25, 0.3) is 11.6 Å². The van der Waals surface area contributed by atoms with Crippen molar-refractivity contribution in [2.24, 2.45) is 0 Å². The second-order valence-corrected chi connectivity index (χ2v) is 3.77. The van der Waals surface area contributed by atoms with Crippen LogP contribution in [0.15, 0.2) is 24.3 Å². The van der Waals surface area contributed by atoms with Gasteiger partial charge in [-0.25, -0.2) is 0 Å². The number of likely N-dealkylation sites (N-methyl/N-ethyl adjacent to an activating group) is 1. The highest BCUT2D eigenvalue weighted by Crippen LogP contribution is 2.14. The van der Waals surface area contributed by atoms with Gasteiger partial charge < -0.3 is 9.64 Å². The van der Waals surface area contributed by atoms with Gasteiger partial charge in [-0.2, -0.15) is 0 Å². The van der Waals surface area contributed by atoms with E-state index in [-0.39, 0.29) is 24.4 Å². The molecule has 0 spiro atoms. The highest BCUT2D eigenvalue weighted by atomic mass is 16.6. The average molecular weight is 266 g/mol. The number of non-ortho nitro benzene ring substituents is 1. The Morgan fingerprint density at radius 3 is 2.68 bits per heavy atom. The van der Waals surface area contributed by atoms with Gasteiger partial charge in [0.15, 0.2) is 0 Å². The van der Waals surface area contributed by atoms with E-state index in [9.17, 15) is 19.7 Å². The molecule has 0 atom stereocenters. The number of ether oxygens (including phenoxy) is 1. The van der Waals surface area contributed by atoms with E-state index < -0.39 is 16.8 Å². The first kappa shape index (κ1) is 14.6. The molecule has 102 valence electrons. The molecule has 1 rings (SSSR count). The molecule has 0 aliphatic rings. The van der Waals surface area contributed by atoms with Gasteiger partial charge in [-0.3, -0.25) is 19.7 Å². The van der Waals surface area contributed by atoms with Gasteiger partial charge >= 0.3 is 5.97 Å². The number of nitro groups is 1. The lowest BCUT2D eigenvalue weighted by Crippen LogP contribution is -2.33. The van der Waals surface area contributed by atoms with E-state index in [2.05, 4.69) is 0 Å². The summed E-state index contributed by atoms with van der Waals surface area (Å²) in [5, 5.41) is 10.6. The van der Waals surface area contributed by atoms with Crippen LogP contribution in [0.4, 0.5) is 5.69 Å². The topological polar surface area (TPSA) is 89.8 Å². The number of carbonyl (C=O) groups is 2. The van der Waals surface area contributed by atoms with Gasteiger partial charge in [-0.05, 0) is 13.0 Å². The fraction of sp³-hybridized carbons (Fsp3) is 0.333. The van der Waals surface area contributed by atoms with Crippen LogP contribution in [-0.4, -0.2) is 41.9 Å². The number of amides is 1. The number of benzene rings is 1. The summed E-state index contributed by atoms with van der Waals surface area (Å²) in [4.78, 5) is 34.4. The lowest BCUT2D eigenvalue weighted by atomic mass is 10.2. The van der Waals surface area contributed by atoms with E-state index in [0.717, 1.165) is 4.90 Å². The average Bonchev–Trinajstić information content (AvgIpc) is 2.38. The maximum Gasteiger partial charge on any atom is 0.325 e. The van der Waals surface area contributed by atoms with Crippen LogP contribution in [0.5, 0.6) is 0 Å². The molecule has 0 heterocycles. The van der Waals surface area contributed by atoms with Crippen molar-refractivity contribution in [1.82, 2.24) is 4.90 Å². The van der Waals surface area contributed by atoms with Crippen molar-refractivity contribution >= 4 is 17.6 Å². The second kappa shape index (κ2) is 6.48. The molecule has 0 N–H and O–H groups in total. The summed E-state index contributed by atoms with van der Waals surface area (Å²) in [5.74, 6) is -1.000. The molecule has 0 fully saturated rings. The fourth-order valence-corrected chi connectivity index (χ4v) is 1.44. The van der Waals surface area contributed by atoms with Crippen LogP contribution in [0.3, 0.4) is 0 Å². The van der Waals surface area contributed by atoms with Gasteiger partial charge in [0.2, 0.25) is 0 Å². The van der Waals surface area contributed by atoms with Gasteiger partial charge in [0.1, 0.15) is 6.54 Å². The highest BCUT2D eigenvalue weighted by molar-refractivity contribution is 5.96. The molecule has 0 aromatic heterocycles. The molecule has 0 aliphatic heterocycles. The molecule has 0 saturated heterocycles. The predicted molar refractivity (Wildman–Crippen MR) is 66.7 cm³/mol. The van der Waals surface area contributed by atoms with E-state index in [0.29, 0.717) is 0 Å². The molecule has 7 heteroatoms. The van der Waals surface area contributed by atoms with Gasteiger partial charge in [-0.15, -0.1) is 0 Å². The summed E-state index contributed by atoms with van der Waals surface area (Å²) < 4.78 is 4.72. The number of hydrogen-bond acceptors (Lipinski definition) is 5. The number of nitrogens with zero attached hydrogens (tertiary/aromatic N) is 2. The SMILES string of the molecule is CCOC(=O)CN(C)C(=O)c1cccc([N+](=O)[O-])c1. The third-order valence-corrected chi connectivity index (χ3v) is 2.32. The standard InChI is InChI=1S/C12H14N2O5/c1-3-19-11(15)8-13(2)12(16)9-5-4-6-10(7-9)14(17)18/h4-7H,3,8H2,1-2H3. The zero-order valence-corrected chi connectivity index (χ0v) is 10.7. The van der Waals surface area contributed by atoms with Crippen molar-refractivity contribution in [3.63, 3.8) is 0 Å². The lowest BCUT2D eigenvalue weighted by molar-refractivity contribution is -0.384. The molecule has 0 bridgehead atoms. The maximum atomic E-state index is 12.0. The normalized spacial score (nSPS) is 9.79. The minimum atomic E-state index is -0.581. The molecule has 7 nitrogen and oxygen atoms in total. The summed E-state index contributed by atoms with van der Waals surface area (Å²) >= 11 is 0. The number of rotatable bonds is 5. The molecular formula is C12H14N2O5. The van der Waals surface area contributed by atoms with Crippen molar-refractivity contribution in [3.05, 3.63) is 39.9 Å². The number of carbonyl (C=O) groups excluding carboxylic acids is 2. The number of nitro benzene ring substituents is 1. The Kier molecular flexibility index (Phi) is 4.99. The molecule has 0 radical (unpaired) electrons. The Balaban J connectivity index is 2.79. The first-order chi connectivity index (χ1) is 8.95. The second-order valence-electron chi connectivity index (χ2n) is 3.77. The third-order valence-electron chi connectivity index (χ3n) is 2.32. The molecule has 0 saturated carbocycles. The van der Waals surface area contributed by atoms with E-state index >= 15 is 0 Å². The van der Waals surface area contributed by atoms with E-state index in [1.807, 2.05) is 0 Å². The summed E-state index contributed by atoms with van der Waals surface area (Å²) in [6, 6.07) is 5.34. The molecule has 0 aliphatic carbocycles. The molecular weight excluding hydrogens is 252 g/mol. The molecule has 1 aromatic rings. The summed E-state index contributed by atoms with van der Waals surface area (Å²) in [7, 11) is 1.43. The van der Waals surface area contributed by atoms with Crippen molar-refractivity contribution in [3.8, 4) is 0 Å². The Hall–Kier alpha value is -2.44. The maximum absolute atomic E-state index is 12.0. The molecule has 1 amide bonds. The Bertz CT molecular complexity index is 501. The highest BCUT2D eigenvalue weighted by Gasteiger charge is 2.17. The van der Waals surface area contributed by atoms with E-state index in [4.69, 9.17) is 4.74 Å². The summed E-state index contributed by atoms with van der Waals surface area (Å²) in [5.41, 5.74) is -0.0172. The smallest absolute Gasteiger partial charge is 0.325 e. The van der Waals surface area contributed by atoms with Crippen molar-refractivity contribution in [2.75, 3.05) is 20.2 Å². The van der Waals surface area contributed by atoms with Gasteiger partial charge in [0, 0.05) is 24.7 Å². The third kappa shape index (κ3) is 4.06. The minimum absolute atomic E-state index is 0.154. The fourth-order valence-electron chi connectivity index (χ4n) is 1.44. The molecule has 0 unspecified atom stereocenters. The predicted octanol–water partition coefficient (Wildman–Crippen LogP) is 1.23. The molecule has 19 heavy (non-hydrogen) atoms. The van der Waals surface area contributed by atoms with Crippen LogP contribution >= 0.6 is 0 Å². The van der Waals surface area contributed by atoms with E-state index in [1.165, 1.54) is 31.3 Å². The minimum Gasteiger partial charge on any atom is -0.465 e. The van der Waals surface area contributed by atoms with Crippen LogP contribution in [0, 0.1) is 10.1 Å². The van der Waals surface area contributed by atoms with E-state index in [1.54, 1.807) is 6.92 Å².